The lowest BCUT2D eigenvalue weighted by molar-refractivity contribution is 0.0788. The van der Waals surface area contributed by atoms with Crippen LogP contribution in [0.4, 0.5) is 0 Å². The molecular formula is C22H19N3O3. The van der Waals surface area contributed by atoms with E-state index in [9.17, 15) is 14.7 Å². The number of Topliss-reactive ketones (excluding diaryl/α,β-unsaturated/α-hetero) is 2. The number of phenols is 1. The number of aromatic nitrogens is 2. The van der Waals surface area contributed by atoms with Gasteiger partial charge in [0.25, 0.3) is 0 Å². The molecule has 6 nitrogen and oxygen atoms in total. The summed E-state index contributed by atoms with van der Waals surface area (Å²) in [5.74, 6) is -0.884. The number of carbonyl (C=O) groups excluding carboxylic acids is 2. The van der Waals surface area contributed by atoms with Crippen LogP contribution in [0.5, 0.6) is 5.75 Å². The molecule has 6 heteroatoms. The second-order valence-electron chi connectivity index (χ2n) is 7.61. The van der Waals surface area contributed by atoms with Crippen LogP contribution < -0.4 is 0 Å². The van der Waals surface area contributed by atoms with Gasteiger partial charge in [-0.3, -0.25) is 14.0 Å². The number of benzene rings is 2. The summed E-state index contributed by atoms with van der Waals surface area (Å²) in [6, 6.07) is 9.13. The Morgan fingerprint density at radius 2 is 1.89 bits per heavy atom. The molecule has 0 bridgehead atoms. The summed E-state index contributed by atoms with van der Waals surface area (Å²) in [6.07, 6.45) is 3.62. The van der Waals surface area contributed by atoms with E-state index in [1.165, 1.54) is 0 Å². The van der Waals surface area contributed by atoms with E-state index < -0.39 is 5.92 Å². The number of hydrogen-bond acceptors (Lipinski definition) is 5. The van der Waals surface area contributed by atoms with Crippen LogP contribution in [0.25, 0.3) is 27.2 Å². The molecule has 2 heterocycles. The van der Waals surface area contributed by atoms with E-state index in [-0.39, 0.29) is 17.3 Å². The van der Waals surface area contributed by atoms with Crippen molar-refractivity contribution in [2.24, 2.45) is 5.92 Å². The van der Waals surface area contributed by atoms with Gasteiger partial charge >= 0.3 is 0 Å². The first-order valence-corrected chi connectivity index (χ1v) is 9.24. The number of phenolic OH excluding ortho intramolecular Hbond substituents is 1. The molecule has 0 amide bonds. The highest BCUT2D eigenvalue weighted by Gasteiger charge is 2.39. The van der Waals surface area contributed by atoms with E-state index in [0.29, 0.717) is 40.5 Å². The van der Waals surface area contributed by atoms with Gasteiger partial charge in [0.2, 0.25) is 0 Å². The topological polar surface area (TPSA) is 74.9 Å². The average molecular weight is 373 g/mol. The first kappa shape index (κ1) is 16.9. The van der Waals surface area contributed by atoms with Crippen LogP contribution in [0, 0.1) is 5.92 Å². The zero-order valence-corrected chi connectivity index (χ0v) is 15.6. The summed E-state index contributed by atoms with van der Waals surface area (Å²) in [6.45, 7) is 0.647. The molecule has 4 aromatic rings. The Balaban J connectivity index is 1.91. The number of fused-ring (bicyclic) bond motifs is 5. The van der Waals surface area contributed by atoms with E-state index in [2.05, 4.69) is 4.98 Å². The van der Waals surface area contributed by atoms with Crippen molar-refractivity contribution < 1.29 is 14.7 Å². The smallest absolute Gasteiger partial charge is 0.177 e. The minimum absolute atomic E-state index is 0.140. The highest BCUT2D eigenvalue weighted by molar-refractivity contribution is 6.33. The third-order valence-corrected chi connectivity index (χ3v) is 5.64. The van der Waals surface area contributed by atoms with Gasteiger partial charge in [0.15, 0.2) is 11.6 Å². The highest BCUT2D eigenvalue weighted by Crippen LogP contribution is 2.42. The number of rotatable bonds is 3. The quantitative estimate of drug-likeness (QED) is 0.558. The van der Waals surface area contributed by atoms with Crippen molar-refractivity contribution >= 4 is 38.8 Å². The monoisotopic (exact) mass is 373 g/mol. The van der Waals surface area contributed by atoms with Crippen molar-refractivity contribution in [3.05, 3.63) is 54.0 Å². The van der Waals surface area contributed by atoms with E-state index >= 15 is 0 Å². The van der Waals surface area contributed by atoms with Crippen LogP contribution in [0.1, 0.15) is 27.1 Å². The van der Waals surface area contributed by atoms with Crippen molar-refractivity contribution in [3.63, 3.8) is 0 Å². The van der Waals surface area contributed by atoms with Gasteiger partial charge in [0, 0.05) is 23.0 Å². The van der Waals surface area contributed by atoms with Gasteiger partial charge in [-0.15, -0.1) is 0 Å². The van der Waals surface area contributed by atoms with Gasteiger partial charge in [-0.25, -0.2) is 4.98 Å². The molecule has 1 atom stereocenters. The Morgan fingerprint density at radius 1 is 1.14 bits per heavy atom. The van der Waals surface area contributed by atoms with Crippen LogP contribution in [0.3, 0.4) is 0 Å². The van der Waals surface area contributed by atoms with E-state index in [0.717, 1.165) is 10.8 Å². The molecule has 0 spiro atoms. The van der Waals surface area contributed by atoms with Gasteiger partial charge in [0.05, 0.1) is 34.4 Å². The number of ketones is 2. The molecule has 1 N–H and O–H groups in total. The second kappa shape index (κ2) is 5.87. The van der Waals surface area contributed by atoms with Crippen LogP contribution >= 0.6 is 0 Å². The van der Waals surface area contributed by atoms with Crippen molar-refractivity contribution in [2.75, 3.05) is 20.6 Å². The predicted octanol–water partition coefficient (Wildman–Crippen LogP) is 3.29. The van der Waals surface area contributed by atoms with Crippen molar-refractivity contribution in [3.8, 4) is 5.75 Å². The normalized spacial score (nSPS) is 16.8. The Hall–Kier alpha value is -3.25. The number of aromatic hydroxyl groups is 1. The Kier molecular flexibility index (Phi) is 3.54. The Morgan fingerprint density at radius 3 is 2.64 bits per heavy atom. The second-order valence-corrected chi connectivity index (χ2v) is 7.61. The molecule has 1 unspecified atom stereocenters. The SMILES string of the molecule is CN(C)CCC1C(=O)c2cncn3c2c(c2c4ccccc4c(O)cc23)C1=O. The average Bonchev–Trinajstić information content (AvgIpc) is 3.02. The maximum absolute atomic E-state index is 13.5. The lowest BCUT2D eigenvalue weighted by Crippen LogP contribution is -2.32. The number of nitrogens with zero attached hydrogens (tertiary/aromatic N) is 3. The van der Waals surface area contributed by atoms with Gasteiger partial charge in [-0.2, -0.15) is 0 Å². The van der Waals surface area contributed by atoms with Crippen LogP contribution in [-0.2, 0) is 0 Å². The Bertz CT molecular complexity index is 1300. The largest absolute Gasteiger partial charge is 0.507 e. The van der Waals surface area contributed by atoms with Crippen LogP contribution in [0.2, 0.25) is 0 Å². The molecule has 0 aliphatic heterocycles. The molecule has 0 saturated heterocycles. The van der Waals surface area contributed by atoms with E-state index in [4.69, 9.17) is 0 Å². The molecule has 28 heavy (non-hydrogen) atoms. The molecular weight excluding hydrogens is 354 g/mol. The third-order valence-electron chi connectivity index (χ3n) is 5.64. The molecule has 2 aromatic carbocycles. The standard InChI is InChI=1S/C22H19N3O3/c1-24(2)8-7-14-21(27)15-10-23-11-25-16-9-17(26)12-5-3-4-6-13(12)18(16)19(20(15)25)22(14)28/h3-6,9-11,14,26H,7-8H2,1-2H3. The number of carbonyl (C=O) groups is 2. The lowest BCUT2D eigenvalue weighted by atomic mass is 9.81. The van der Waals surface area contributed by atoms with Gasteiger partial charge in [0.1, 0.15) is 5.75 Å². The van der Waals surface area contributed by atoms with Crippen LogP contribution in [0.15, 0.2) is 42.9 Å². The highest BCUT2D eigenvalue weighted by atomic mass is 16.3. The summed E-state index contributed by atoms with van der Waals surface area (Å²) in [5.41, 5.74) is 2.31. The molecule has 0 fully saturated rings. The maximum Gasteiger partial charge on any atom is 0.177 e. The van der Waals surface area contributed by atoms with Crippen molar-refractivity contribution in [1.29, 1.82) is 0 Å². The fraction of sp³-hybridized carbons (Fsp3) is 0.227. The zero-order valence-electron chi connectivity index (χ0n) is 15.6. The Labute approximate surface area is 161 Å². The lowest BCUT2D eigenvalue weighted by Gasteiger charge is -2.22. The predicted molar refractivity (Wildman–Crippen MR) is 107 cm³/mol. The molecule has 2 aromatic heterocycles. The maximum atomic E-state index is 13.5. The van der Waals surface area contributed by atoms with Gasteiger partial charge in [-0.1, -0.05) is 24.3 Å². The minimum Gasteiger partial charge on any atom is -0.507 e. The molecule has 5 rings (SSSR count). The van der Waals surface area contributed by atoms with Crippen molar-refractivity contribution in [2.45, 2.75) is 6.42 Å². The van der Waals surface area contributed by atoms with Gasteiger partial charge in [-0.05, 0) is 32.4 Å². The van der Waals surface area contributed by atoms with Gasteiger partial charge < -0.3 is 10.0 Å². The first-order chi connectivity index (χ1) is 13.5. The molecule has 0 radical (unpaired) electrons. The number of hydrogen-bond donors (Lipinski definition) is 1. The fourth-order valence-corrected chi connectivity index (χ4v) is 4.32. The van der Waals surface area contributed by atoms with Crippen LogP contribution in [-0.4, -0.2) is 51.6 Å². The first-order valence-electron chi connectivity index (χ1n) is 9.24. The fourth-order valence-electron chi connectivity index (χ4n) is 4.32. The van der Waals surface area contributed by atoms with E-state index in [1.807, 2.05) is 43.3 Å². The molecule has 0 saturated carbocycles. The summed E-state index contributed by atoms with van der Waals surface area (Å²) >= 11 is 0. The van der Waals surface area contributed by atoms with E-state index in [1.54, 1.807) is 23.0 Å². The molecule has 1 aliphatic rings. The molecule has 140 valence electrons. The molecule has 1 aliphatic carbocycles. The third kappa shape index (κ3) is 2.15. The summed E-state index contributed by atoms with van der Waals surface area (Å²) < 4.78 is 1.75. The summed E-state index contributed by atoms with van der Waals surface area (Å²) in [5, 5.41) is 12.8. The summed E-state index contributed by atoms with van der Waals surface area (Å²) in [4.78, 5) is 32.8. The zero-order chi connectivity index (χ0) is 19.6. The van der Waals surface area contributed by atoms with Crippen molar-refractivity contribution in [1.82, 2.24) is 14.3 Å². The summed E-state index contributed by atoms with van der Waals surface area (Å²) in [7, 11) is 3.85. The minimum atomic E-state index is -0.707.